The predicted molar refractivity (Wildman–Crippen MR) is 57.9 cm³/mol. The molecule has 0 aromatic heterocycles. The summed E-state index contributed by atoms with van der Waals surface area (Å²) >= 11 is 4.88. The second-order valence-corrected chi connectivity index (χ2v) is 4.71. The van der Waals surface area contributed by atoms with E-state index in [1.54, 1.807) is 0 Å². The van der Waals surface area contributed by atoms with Gasteiger partial charge in [0.1, 0.15) is 5.78 Å². The number of ether oxygens (including phenoxy) is 1. The first-order valence-corrected chi connectivity index (χ1v) is 4.93. The van der Waals surface area contributed by atoms with Crippen molar-refractivity contribution in [3.8, 4) is 0 Å². The molecule has 0 rings (SSSR count). The fraction of sp³-hybridized carbons (Fsp3) is 0.800. The van der Waals surface area contributed by atoms with Gasteiger partial charge in [0.15, 0.2) is 5.05 Å². The van der Waals surface area contributed by atoms with E-state index in [2.05, 4.69) is 0 Å². The Morgan fingerprint density at radius 3 is 2.31 bits per heavy atom. The zero-order valence-corrected chi connectivity index (χ0v) is 9.66. The van der Waals surface area contributed by atoms with Gasteiger partial charge in [-0.25, -0.2) is 0 Å². The molecule has 0 spiro atoms. The third kappa shape index (κ3) is 7.91. The summed E-state index contributed by atoms with van der Waals surface area (Å²) < 4.78 is 5.04. The van der Waals surface area contributed by atoms with Crippen molar-refractivity contribution in [3.63, 3.8) is 0 Å². The van der Waals surface area contributed by atoms with E-state index in [1.807, 2.05) is 27.7 Å². The van der Waals surface area contributed by atoms with Crippen LogP contribution in [-0.2, 0) is 9.53 Å². The van der Waals surface area contributed by atoms with E-state index in [0.29, 0.717) is 18.1 Å². The highest BCUT2D eigenvalue weighted by Crippen LogP contribution is 2.19. The van der Waals surface area contributed by atoms with E-state index in [-0.39, 0.29) is 17.6 Å². The molecular formula is C10H18O2S. The predicted octanol–water partition coefficient (Wildman–Crippen LogP) is 2.75. The average molecular weight is 202 g/mol. The summed E-state index contributed by atoms with van der Waals surface area (Å²) in [5.41, 5.74) is 0.0406. The fourth-order valence-corrected chi connectivity index (χ4v) is 1.31. The number of rotatable bonds is 4. The first kappa shape index (κ1) is 12.6. The highest BCUT2D eigenvalue weighted by atomic mass is 32.1. The highest BCUT2D eigenvalue weighted by molar-refractivity contribution is 7.80. The number of hydrogen-bond acceptors (Lipinski definition) is 3. The number of hydrogen-bond donors (Lipinski definition) is 0. The van der Waals surface area contributed by atoms with Gasteiger partial charge >= 0.3 is 0 Å². The molecule has 0 saturated carbocycles. The second kappa shape index (κ2) is 5.32. The maximum atomic E-state index is 11.4. The van der Waals surface area contributed by atoms with Gasteiger partial charge in [0.05, 0.1) is 13.0 Å². The van der Waals surface area contributed by atoms with Crippen LogP contribution in [0.3, 0.4) is 0 Å². The van der Waals surface area contributed by atoms with Crippen LogP contribution in [0.15, 0.2) is 0 Å². The molecule has 0 radical (unpaired) electrons. The molecule has 3 heteroatoms. The van der Waals surface area contributed by atoms with Gasteiger partial charge in [-0.05, 0) is 24.6 Å². The Balaban J connectivity index is 3.82. The lowest BCUT2D eigenvalue weighted by Gasteiger charge is -2.16. The van der Waals surface area contributed by atoms with Crippen molar-refractivity contribution in [1.29, 1.82) is 0 Å². The molecular weight excluding hydrogens is 184 g/mol. The van der Waals surface area contributed by atoms with Crippen molar-refractivity contribution in [3.05, 3.63) is 0 Å². The van der Waals surface area contributed by atoms with Crippen molar-refractivity contribution in [2.45, 2.75) is 40.5 Å². The van der Waals surface area contributed by atoms with E-state index in [1.165, 1.54) is 0 Å². The monoisotopic (exact) mass is 202 g/mol. The van der Waals surface area contributed by atoms with Gasteiger partial charge in [0, 0.05) is 6.42 Å². The van der Waals surface area contributed by atoms with Crippen LogP contribution in [0.1, 0.15) is 40.5 Å². The lowest BCUT2D eigenvalue weighted by atomic mass is 9.89. The smallest absolute Gasteiger partial charge is 0.167 e. The van der Waals surface area contributed by atoms with E-state index in [9.17, 15) is 4.79 Å². The van der Waals surface area contributed by atoms with Gasteiger partial charge in [-0.1, -0.05) is 20.8 Å². The Morgan fingerprint density at radius 2 is 1.92 bits per heavy atom. The van der Waals surface area contributed by atoms with Crippen LogP contribution in [0.5, 0.6) is 0 Å². The molecule has 76 valence electrons. The summed E-state index contributed by atoms with van der Waals surface area (Å²) in [6.45, 7) is 8.51. The molecule has 0 amide bonds. The zero-order valence-electron chi connectivity index (χ0n) is 8.85. The third-order valence-electron chi connectivity index (χ3n) is 1.37. The SMILES string of the molecule is CCOC(=S)CC(=O)CC(C)(C)C. The maximum Gasteiger partial charge on any atom is 0.167 e. The summed E-state index contributed by atoms with van der Waals surface area (Å²) in [5, 5.41) is 0.414. The summed E-state index contributed by atoms with van der Waals surface area (Å²) in [7, 11) is 0. The number of ketones is 1. The minimum absolute atomic E-state index is 0.0406. The van der Waals surface area contributed by atoms with Crippen molar-refractivity contribution in [2.75, 3.05) is 6.61 Å². The molecule has 0 aromatic rings. The molecule has 0 atom stereocenters. The molecule has 0 aliphatic heterocycles. The number of carbonyl (C=O) groups is 1. The van der Waals surface area contributed by atoms with E-state index in [4.69, 9.17) is 17.0 Å². The normalized spacial score (nSPS) is 11.1. The number of Topliss-reactive ketones (excluding diaryl/α,β-unsaturated/α-hetero) is 1. The third-order valence-corrected chi connectivity index (χ3v) is 1.64. The first-order valence-electron chi connectivity index (χ1n) is 4.52. The average Bonchev–Trinajstić information content (AvgIpc) is 1.81. The van der Waals surface area contributed by atoms with Gasteiger partial charge in [-0.3, -0.25) is 4.79 Å². The highest BCUT2D eigenvalue weighted by Gasteiger charge is 2.17. The van der Waals surface area contributed by atoms with E-state index in [0.717, 1.165) is 0 Å². The van der Waals surface area contributed by atoms with Crippen molar-refractivity contribution < 1.29 is 9.53 Å². The van der Waals surface area contributed by atoms with Crippen LogP contribution >= 0.6 is 12.2 Å². The Morgan fingerprint density at radius 1 is 1.38 bits per heavy atom. The molecule has 0 fully saturated rings. The van der Waals surface area contributed by atoms with Crippen LogP contribution in [0.2, 0.25) is 0 Å². The van der Waals surface area contributed by atoms with Gasteiger partial charge in [-0.15, -0.1) is 0 Å². The topological polar surface area (TPSA) is 26.3 Å². The molecule has 0 aromatic carbocycles. The van der Waals surface area contributed by atoms with Crippen LogP contribution in [-0.4, -0.2) is 17.4 Å². The minimum atomic E-state index is 0.0406. The maximum absolute atomic E-state index is 11.4. The van der Waals surface area contributed by atoms with Gasteiger partial charge in [0.25, 0.3) is 0 Å². The molecule has 0 heterocycles. The quantitative estimate of drug-likeness (QED) is 0.656. The van der Waals surface area contributed by atoms with E-state index >= 15 is 0 Å². The summed E-state index contributed by atoms with van der Waals surface area (Å²) in [4.78, 5) is 11.4. The minimum Gasteiger partial charge on any atom is -0.487 e. The number of thiocarbonyl (C=S) groups is 1. The molecule has 13 heavy (non-hydrogen) atoms. The van der Waals surface area contributed by atoms with Gasteiger partial charge < -0.3 is 4.74 Å². The van der Waals surface area contributed by atoms with Crippen molar-refractivity contribution in [2.24, 2.45) is 5.41 Å². The first-order chi connectivity index (χ1) is 5.85. The van der Waals surface area contributed by atoms with Crippen LogP contribution in [0.4, 0.5) is 0 Å². The zero-order chi connectivity index (χ0) is 10.5. The molecule has 0 N–H and O–H groups in total. The summed E-state index contributed by atoms with van der Waals surface area (Å²) in [5.74, 6) is 0.158. The van der Waals surface area contributed by atoms with Crippen LogP contribution in [0, 0.1) is 5.41 Å². The molecule has 0 aliphatic rings. The molecule has 0 unspecified atom stereocenters. The summed E-state index contributed by atoms with van der Waals surface area (Å²) in [6, 6.07) is 0. The number of carbonyl (C=O) groups excluding carboxylic acids is 1. The second-order valence-electron chi connectivity index (χ2n) is 4.26. The Bertz CT molecular complexity index is 192. The van der Waals surface area contributed by atoms with Crippen molar-refractivity contribution in [1.82, 2.24) is 0 Å². The largest absolute Gasteiger partial charge is 0.487 e. The van der Waals surface area contributed by atoms with Gasteiger partial charge in [0.2, 0.25) is 0 Å². The lowest BCUT2D eigenvalue weighted by molar-refractivity contribution is -0.119. The Hall–Kier alpha value is -0.440. The van der Waals surface area contributed by atoms with Crippen molar-refractivity contribution >= 4 is 23.1 Å². The molecule has 0 saturated heterocycles. The molecule has 2 nitrogen and oxygen atoms in total. The summed E-state index contributed by atoms with van der Waals surface area (Å²) in [6.07, 6.45) is 0.834. The standard InChI is InChI=1S/C10H18O2S/c1-5-12-9(13)6-8(11)7-10(2,3)4/h5-7H2,1-4H3. The Labute approximate surface area is 85.7 Å². The lowest BCUT2D eigenvalue weighted by Crippen LogP contribution is -2.16. The van der Waals surface area contributed by atoms with Gasteiger partial charge in [-0.2, -0.15) is 0 Å². The van der Waals surface area contributed by atoms with E-state index < -0.39 is 0 Å². The Kier molecular flexibility index (Phi) is 5.14. The molecule has 0 aliphatic carbocycles. The van der Waals surface area contributed by atoms with Crippen LogP contribution < -0.4 is 0 Å². The molecule has 0 bridgehead atoms. The van der Waals surface area contributed by atoms with Crippen LogP contribution in [0.25, 0.3) is 0 Å². The fourth-order valence-electron chi connectivity index (χ4n) is 1.03.